The van der Waals surface area contributed by atoms with Gasteiger partial charge in [-0.25, -0.2) is 9.78 Å². The van der Waals surface area contributed by atoms with Crippen LogP contribution >= 0.6 is 0 Å². The second-order valence-electron chi connectivity index (χ2n) is 8.94. The van der Waals surface area contributed by atoms with Crippen LogP contribution in [0.15, 0.2) is 83.4 Å². The van der Waals surface area contributed by atoms with E-state index in [1.54, 1.807) is 42.6 Å². The number of nitrogens with zero attached hydrogens (tertiary/aromatic N) is 1. The third-order valence-electron chi connectivity index (χ3n) is 6.16. The Morgan fingerprint density at radius 2 is 1.68 bits per heavy atom. The quantitative estimate of drug-likeness (QED) is 0.297. The van der Waals surface area contributed by atoms with Crippen molar-refractivity contribution in [3.63, 3.8) is 0 Å². The fourth-order valence-electron chi connectivity index (χ4n) is 4.14. The van der Waals surface area contributed by atoms with E-state index in [0.29, 0.717) is 40.7 Å². The van der Waals surface area contributed by atoms with Crippen molar-refractivity contribution in [2.75, 3.05) is 23.8 Å². The lowest BCUT2D eigenvalue weighted by molar-refractivity contribution is 0.102. The molecule has 1 saturated heterocycles. The summed E-state index contributed by atoms with van der Waals surface area (Å²) in [6, 6.07) is 21.8. The molecule has 0 saturated carbocycles. The lowest BCUT2D eigenvalue weighted by Crippen LogP contribution is -2.35. The van der Waals surface area contributed by atoms with E-state index in [1.165, 1.54) is 0 Å². The van der Waals surface area contributed by atoms with Gasteiger partial charge in [-0.15, -0.1) is 0 Å². The smallest absolute Gasteiger partial charge is 0.319 e. The summed E-state index contributed by atoms with van der Waals surface area (Å²) in [5, 5.41) is 8.51. The molecule has 37 heavy (non-hydrogen) atoms. The van der Waals surface area contributed by atoms with Gasteiger partial charge in [-0.1, -0.05) is 42.0 Å². The van der Waals surface area contributed by atoms with Crippen molar-refractivity contribution in [2.45, 2.75) is 25.9 Å². The molecule has 8 heteroatoms. The fourth-order valence-corrected chi connectivity index (χ4v) is 4.14. The standard InChI is InChI=1S/C29H28N4O4/c1-19-8-10-20(11-9-19)26-18-30-28(37-26)25-7-3-2-6-24(25)27(34)32-21-12-14-22(15-13-21)33-29(35)31-17-23-5-4-16-36-23/h2-3,6-15,18,23H,4-5,16-17H2,1H3,(H,32,34)(H2,31,33,35). The van der Waals surface area contributed by atoms with Gasteiger partial charge < -0.3 is 25.1 Å². The van der Waals surface area contributed by atoms with Gasteiger partial charge in [-0.05, 0) is 56.2 Å². The maximum atomic E-state index is 13.1. The van der Waals surface area contributed by atoms with Crippen LogP contribution in [0.4, 0.5) is 16.2 Å². The zero-order valence-corrected chi connectivity index (χ0v) is 20.5. The molecular weight excluding hydrogens is 468 g/mol. The summed E-state index contributed by atoms with van der Waals surface area (Å²) in [4.78, 5) is 29.7. The molecule has 3 N–H and O–H groups in total. The van der Waals surface area contributed by atoms with Gasteiger partial charge in [0.2, 0.25) is 5.89 Å². The number of urea groups is 1. The maximum Gasteiger partial charge on any atom is 0.319 e. The molecular formula is C29H28N4O4. The Balaban J connectivity index is 1.23. The van der Waals surface area contributed by atoms with Crippen molar-refractivity contribution in [3.8, 4) is 22.8 Å². The monoisotopic (exact) mass is 496 g/mol. The van der Waals surface area contributed by atoms with Crippen LogP contribution in [0.5, 0.6) is 0 Å². The van der Waals surface area contributed by atoms with Crippen LogP contribution in [0, 0.1) is 6.92 Å². The third kappa shape index (κ3) is 6.05. The van der Waals surface area contributed by atoms with Crippen LogP contribution in [0.3, 0.4) is 0 Å². The fraction of sp³-hybridized carbons (Fsp3) is 0.207. The van der Waals surface area contributed by atoms with E-state index in [1.807, 2.05) is 43.3 Å². The Bertz CT molecular complexity index is 1370. The second kappa shape index (κ2) is 11.1. The Morgan fingerprint density at radius 3 is 2.41 bits per heavy atom. The summed E-state index contributed by atoms with van der Waals surface area (Å²) in [6.45, 7) is 3.26. The van der Waals surface area contributed by atoms with Crippen molar-refractivity contribution in [1.29, 1.82) is 0 Å². The molecule has 1 unspecified atom stereocenters. The average molecular weight is 497 g/mol. The minimum absolute atomic E-state index is 0.0804. The van der Waals surface area contributed by atoms with Gasteiger partial charge in [-0.2, -0.15) is 0 Å². The first kappa shape index (κ1) is 24.3. The normalized spacial score (nSPS) is 14.8. The molecule has 0 aliphatic carbocycles. The van der Waals surface area contributed by atoms with Crippen LogP contribution in [0.25, 0.3) is 22.8 Å². The van der Waals surface area contributed by atoms with Gasteiger partial charge in [0, 0.05) is 35.7 Å². The van der Waals surface area contributed by atoms with Gasteiger partial charge in [0.15, 0.2) is 5.76 Å². The number of carbonyl (C=O) groups excluding carboxylic acids is 2. The number of nitrogens with one attached hydrogen (secondary N) is 3. The summed E-state index contributed by atoms with van der Waals surface area (Å²) in [7, 11) is 0. The first-order valence-electron chi connectivity index (χ1n) is 12.3. The second-order valence-corrected chi connectivity index (χ2v) is 8.94. The zero-order valence-electron chi connectivity index (χ0n) is 20.5. The molecule has 1 fully saturated rings. The number of amides is 3. The molecule has 5 rings (SSSR count). The summed E-state index contributed by atoms with van der Waals surface area (Å²) in [5.74, 6) is 0.712. The summed E-state index contributed by atoms with van der Waals surface area (Å²) in [6.07, 6.45) is 3.73. The number of oxazole rings is 1. The van der Waals surface area contributed by atoms with E-state index in [0.717, 1.165) is 30.6 Å². The predicted molar refractivity (Wildman–Crippen MR) is 143 cm³/mol. The molecule has 1 aromatic heterocycles. The summed E-state index contributed by atoms with van der Waals surface area (Å²) >= 11 is 0. The van der Waals surface area contributed by atoms with Crippen molar-refractivity contribution in [3.05, 3.63) is 90.1 Å². The Kier molecular flexibility index (Phi) is 7.28. The van der Waals surface area contributed by atoms with E-state index < -0.39 is 0 Å². The van der Waals surface area contributed by atoms with Gasteiger partial charge in [0.25, 0.3) is 5.91 Å². The molecule has 0 spiro atoms. The van der Waals surface area contributed by atoms with E-state index >= 15 is 0 Å². The van der Waals surface area contributed by atoms with Crippen LogP contribution in [-0.2, 0) is 4.74 Å². The largest absolute Gasteiger partial charge is 0.436 e. The summed E-state index contributed by atoms with van der Waals surface area (Å²) in [5.41, 5.74) is 4.33. The third-order valence-corrected chi connectivity index (χ3v) is 6.16. The molecule has 1 aliphatic rings. The van der Waals surface area contributed by atoms with Crippen LogP contribution in [0.2, 0.25) is 0 Å². The number of aryl methyl sites for hydroxylation is 1. The van der Waals surface area contributed by atoms with E-state index in [2.05, 4.69) is 20.9 Å². The molecule has 0 bridgehead atoms. The number of rotatable bonds is 7. The Morgan fingerprint density at radius 1 is 0.946 bits per heavy atom. The number of hydrogen-bond donors (Lipinski definition) is 3. The summed E-state index contributed by atoms with van der Waals surface area (Å²) < 4.78 is 11.5. The highest BCUT2D eigenvalue weighted by atomic mass is 16.5. The van der Waals surface area contributed by atoms with E-state index in [-0.39, 0.29) is 18.0 Å². The minimum atomic E-state index is -0.294. The van der Waals surface area contributed by atoms with Crippen LogP contribution in [0.1, 0.15) is 28.8 Å². The first-order valence-corrected chi connectivity index (χ1v) is 12.3. The maximum absolute atomic E-state index is 13.1. The van der Waals surface area contributed by atoms with Gasteiger partial charge in [-0.3, -0.25) is 4.79 Å². The minimum Gasteiger partial charge on any atom is -0.436 e. The molecule has 188 valence electrons. The topological polar surface area (TPSA) is 105 Å². The number of benzene rings is 3. The lowest BCUT2D eigenvalue weighted by atomic mass is 10.1. The number of hydrogen-bond acceptors (Lipinski definition) is 5. The molecule has 8 nitrogen and oxygen atoms in total. The highest BCUT2D eigenvalue weighted by Crippen LogP contribution is 2.29. The molecule has 1 aliphatic heterocycles. The average Bonchev–Trinajstić information content (AvgIpc) is 3.62. The van der Waals surface area contributed by atoms with Gasteiger partial charge >= 0.3 is 6.03 Å². The van der Waals surface area contributed by atoms with Crippen molar-refractivity contribution in [2.24, 2.45) is 0 Å². The number of anilines is 2. The van der Waals surface area contributed by atoms with Crippen LogP contribution < -0.4 is 16.0 Å². The van der Waals surface area contributed by atoms with Crippen molar-refractivity contribution in [1.82, 2.24) is 10.3 Å². The molecule has 0 radical (unpaired) electrons. The molecule has 4 aromatic rings. The first-order chi connectivity index (χ1) is 18.0. The molecule has 1 atom stereocenters. The number of carbonyl (C=O) groups is 2. The molecule has 2 heterocycles. The predicted octanol–water partition coefficient (Wildman–Crippen LogP) is 5.87. The van der Waals surface area contributed by atoms with Crippen molar-refractivity contribution < 1.29 is 18.7 Å². The molecule has 3 amide bonds. The van der Waals surface area contributed by atoms with Crippen LogP contribution in [-0.4, -0.2) is 36.2 Å². The highest BCUT2D eigenvalue weighted by Gasteiger charge is 2.18. The van der Waals surface area contributed by atoms with Gasteiger partial charge in [0.05, 0.1) is 17.9 Å². The zero-order chi connectivity index (χ0) is 25.6. The highest BCUT2D eigenvalue weighted by molar-refractivity contribution is 6.08. The van der Waals surface area contributed by atoms with Crippen molar-refractivity contribution >= 4 is 23.3 Å². The molecule has 3 aromatic carbocycles. The number of aromatic nitrogens is 1. The lowest BCUT2D eigenvalue weighted by Gasteiger charge is -2.12. The van der Waals surface area contributed by atoms with E-state index in [4.69, 9.17) is 9.15 Å². The SMILES string of the molecule is Cc1ccc(-c2cnc(-c3ccccc3C(=O)Nc3ccc(NC(=O)NCC4CCCO4)cc3)o2)cc1. The Labute approximate surface area is 215 Å². The number of ether oxygens (including phenoxy) is 1. The van der Waals surface area contributed by atoms with E-state index in [9.17, 15) is 9.59 Å². The Hall–Kier alpha value is -4.43. The van der Waals surface area contributed by atoms with Gasteiger partial charge in [0.1, 0.15) is 0 Å².